The highest BCUT2D eigenvalue weighted by molar-refractivity contribution is 5.98. The van der Waals surface area contributed by atoms with Crippen LogP contribution in [0.5, 0.6) is 5.75 Å². The molecule has 30 heavy (non-hydrogen) atoms. The molecule has 1 N–H and O–H groups in total. The smallest absolute Gasteiger partial charge is 0.375 e. The van der Waals surface area contributed by atoms with Crippen LogP contribution in [0.4, 0.5) is 11.4 Å². The maximum Gasteiger partial charge on any atom is 0.375 e. The number of hydrogen-bond donors (Lipinski definition) is 1. The summed E-state index contributed by atoms with van der Waals surface area (Å²) in [7, 11) is 0. The van der Waals surface area contributed by atoms with E-state index in [4.69, 9.17) is 13.9 Å². The number of nitro benzene ring substituents is 1. The molecule has 0 unspecified atom stereocenters. The van der Waals surface area contributed by atoms with Crippen LogP contribution in [0.15, 0.2) is 40.8 Å². The summed E-state index contributed by atoms with van der Waals surface area (Å²) in [4.78, 5) is 34.8. The van der Waals surface area contributed by atoms with Crippen LogP contribution in [0, 0.1) is 24.0 Å². The summed E-state index contributed by atoms with van der Waals surface area (Å²) in [5.74, 6) is -0.672. The van der Waals surface area contributed by atoms with Crippen molar-refractivity contribution in [1.29, 1.82) is 0 Å². The van der Waals surface area contributed by atoms with Gasteiger partial charge in [-0.3, -0.25) is 14.9 Å². The summed E-state index contributed by atoms with van der Waals surface area (Å²) in [6.45, 7) is 5.20. The van der Waals surface area contributed by atoms with Crippen molar-refractivity contribution in [1.82, 2.24) is 0 Å². The molecule has 1 heterocycles. The van der Waals surface area contributed by atoms with Gasteiger partial charge in [-0.15, -0.1) is 0 Å². The van der Waals surface area contributed by atoms with Crippen molar-refractivity contribution in [2.24, 2.45) is 0 Å². The van der Waals surface area contributed by atoms with E-state index in [9.17, 15) is 19.7 Å². The second-order valence-corrected chi connectivity index (χ2v) is 6.53. The number of rotatable bonds is 7. The third-order valence-electron chi connectivity index (χ3n) is 4.43. The lowest BCUT2D eigenvalue weighted by molar-refractivity contribution is -0.384. The molecule has 0 saturated carbocycles. The van der Waals surface area contributed by atoms with Crippen molar-refractivity contribution < 1.29 is 28.4 Å². The van der Waals surface area contributed by atoms with Gasteiger partial charge in [0.15, 0.2) is 6.61 Å². The summed E-state index contributed by atoms with van der Waals surface area (Å²) in [5, 5.41) is 14.1. The summed E-state index contributed by atoms with van der Waals surface area (Å²) in [5.41, 5.74) is 1.92. The number of hydrogen-bond acceptors (Lipinski definition) is 7. The molecular weight excluding hydrogens is 392 g/mol. The van der Waals surface area contributed by atoms with E-state index in [1.54, 1.807) is 32.0 Å². The van der Waals surface area contributed by atoms with Crippen LogP contribution in [0.2, 0.25) is 0 Å². The molecule has 0 aliphatic heterocycles. The molecule has 9 heteroatoms. The molecule has 156 valence electrons. The topological polar surface area (TPSA) is 121 Å². The van der Waals surface area contributed by atoms with E-state index >= 15 is 0 Å². The highest BCUT2D eigenvalue weighted by atomic mass is 16.6. The first-order valence-electron chi connectivity index (χ1n) is 9.18. The average molecular weight is 412 g/mol. The zero-order valence-electron chi connectivity index (χ0n) is 16.7. The quantitative estimate of drug-likeness (QED) is 0.351. The van der Waals surface area contributed by atoms with Crippen molar-refractivity contribution >= 4 is 34.2 Å². The maximum atomic E-state index is 12.4. The minimum Gasteiger partial charge on any atom is -0.494 e. The van der Waals surface area contributed by atoms with Crippen LogP contribution in [-0.2, 0) is 9.53 Å². The molecule has 0 atom stereocenters. The van der Waals surface area contributed by atoms with Crippen LogP contribution >= 0.6 is 0 Å². The van der Waals surface area contributed by atoms with Gasteiger partial charge in [-0.2, -0.15) is 0 Å². The number of ether oxygens (including phenoxy) is 2. The van der Waals surface area contributed by atoms with Crippen LogP contribution in [-0.4, -0.2) is 30.0 Å². The van der Waals surface area contributed by atoms with Crippen LogP contribution in [0.3, 0.4) is 0 Å². The Kier molecular flexibility index (Phi) is 6.01. The van der Waals surface area contributed by atoms with Gasteiger partial charge in [-0.05, 0) is 50.6 Å². The van der Waals surface area contributed by atoms with Gasteiger partial charge in [0.2, 0.25) is 5.76 Å². The third kappa shape index (κ3) is 4.40. The zero-order valence-corrected chi connectivity index (χ0v) is 16.7. The SMILES string of the molecule is CCOc1ccc2oc(C(=O)OCC(=O)Nc3ccc([N+](=O)[O-])cc3C)c(C)c2c1. The van der Waals surface area contributed by atoms with Gasteiger partial charge < -0.3 is 19.2 Å². The number of anilines is 1. The average Bonchev–Trinajstić information content (AvgIpc) is 3.04. The van der Waals surface area contributed by atoms with E-state index in [-0.39, 0.29) is 11.4 Å². The standard InChI is InChI=1S/C21H20N2O7/c1-4-28-15-6-8-18-16(10-15)13(3)20(30-18)21(25)29-11-19(24)22-17-7-5-14(23(26)27)9-12(17)2/h5-10H,4,11H2,1-3H3,(H,22,24). The number of esters is 1. The number of nitrogens with zero attached hydrogens (tertiary/aromatic N) is 1. The molecule has 0 radical (unpaired) electrons. The number of furan rings is 1. The summed E-state index contributed by atoms with van der Waals surface area (Å²) in [6, 6.07) is 9.27. The van der Waals surface area contributed by atoms with Crippen LogP contribution in [0.1, 0.15) is 28.6 Å². The number of carbonyl (C=O) groups is 2. The molecular formula is C21H20N2O7. The monoisotopic (exact) mass is 412 g/mol. The second kappa shape index (κ2) is 8.64. The first-order chi connectivity index (χ1) is 14.3. The minimum atomic E-state index is -0.766. The summed E-state index contributed by atoms with van der Waals surface area (Å²) < 4.78 is 16.1. The number of benzene rings is 2. The highest BCUT2D eigenvalue weighted by Crippen LogP contribution is 2.29. The normalized spacial score (nSPS) is 10.6. The molecule has 0 aliphatic rings. The number of carbonyl (C=O) groups excluding carboxylic acids is 2. The van der Waals surface area contributed by atoms with Gasteiger partial charge in [-0.25, -0.2) is 4.79 Å². The Hall–Kier alpha value is -3.88. The predicted molar refractivity (Wildman–Crippen MR) is 109 cm³/mol. The van der Waals surface area contributed by atoms with Gasteiger partial charge in [0.05, 0.1) is 11.5 Å². The first-order valence-corrected chi connectivity index (χ1v) is 9.18. The number of aryl methyl sites for hydroxylation is 2. The Morgan fingerprint density at radius 3 is 2.60 bits per heavy atom. The van der Waals surface area contributed by atoms with Crippen LogP contribution in [0.25, 0.3) is 11.0 Å². The number of nitrogens with one attached hydrogen (secondary N) is 1. The molecule has 0 fully saturated rings. The largest absolute Gasteiger partial charge is 0.494 e. The number of amides is 1. The van der Waals surface area contributed by atoms with Crippen molar-refractivity contribution in [3.8, 4) is 5.75 Å². The highest BCUT2D eigenvalue weighted by Gasteiger charge is 2.21. The van der Waals surface area contributed by atoms with E-state index in [0.717, 1.165) is 5.39 Å². The van der Waals surface area contributed by atoms with Crippen molar-refractivity contribution in [2.45, 2.75) is 20.8 Å². The minimum absolute atomic E-state index is 0.0120. The molecule has 0 saturated heterocycles. The molecule has 0 bridgehead atoms. The second-order valence-electron chi connectivity index (χ2n) is 6.53. The molecule has 1 amide bonds. The molecule has 0 spiro atoms. The fraction of sp³-hybridized carbons (Fsp3) is 0.238. The van der Waals surface area contributed by atoms with Crippen molar-refractivity contribution in [3.63, 3.8) is 0 Å². The zero-order chi connectivity index (χ0) is 21.8. The predicted octanol–water partition coefficient (Wildman–Crippen LogP) is 4.15. The Morgan fingerprint density at radius 1 is 1.17 bits per heavy atom. The molecule has 9 nitrogen and oxygen atoms in total. The first kappa shape index (κ1) is 20.8. The van der Waals surface area contributed by atoms with Gasteiger partial charge in [0.1, 0.15) is 11.3 Å². The lowest BCUT2D eigenvalue weighted by atomic mass is 10.1. The van der Waals surface area contributed by atoms with Gasteiger partial charge >= 0.3 is 5.97 Å². The molecule has 0 aliphatic carbocycles. The maximum absolute atomic E-state index is 12.4. The van der Waals surface area contributed by atoms with Gasteiger partial charge in [-0.1, -0.05) is 0 Å². The molecule has 2 aromatic carbocycles. The summed E-state index contributed by atoms with van der Waals surface area (Å²) in [6.07, 6.45) is 0. The Labute approximate surface area is 171 Å². The van der Waals surface area contributed by atoms with Gasteiger partial charge in [0.25, 0.3) is 11.6 Å². The summed E-state index contributed by atoms with van der Waals surface area (Å²) >= 11 is 0. The molecule has 1 aromatic heterocycles. The van der Waals surface area contributed by atoms with E-state index in [0.29, 0.717) is 34.8 Å². The van der Waals surface area contributed by atoms with E-state index in [1.165, 1.54) is 18.2 Å². The third-order valence-corrected chi connectivity index (χ3v) is 4.43. The lowest BCUT2D eigenvalue weighted by Gasteiger charge is -2.08. The van der Waals surface area contributed by atoms with Crippen molar-refractivity contribution in [3.05, 3.63) is 63.4 Å². The Bertz CT molecular complexity index is 1130. The lowest BCUT2D eigenvalue weighted by Crippen LogP contribution is -2.21. The fourth-order valence-electron chi connectivity index (χ4n) is 2.94. The van der Waals surface area contributed by atoms with Crippen LogP contribution < -0.4 is 10.1 Å². The van der Waals surface area contributed by atoms with E-state index in [1.807, 2.05) is 6.92 Å². The van der Waals surface area contributed by atoms with E-state index < -0.39 is 23.4 Å². The number of fused-ring (bicyclic) bond motifs is 1. The fourth-order valence-corrected chi connectivity index (χ4v) is 2.94. The molecule has 3 aromatic rings. The van der Waals surface area contributed by atoms with Gasteiger partial charge in [0, 0.05) is 28.8 Å². The molecule has 3 rings (SSSR count). The number of non-ortho nitro benzene ring substituents is 1. The number of nitro groups is 1. The Balaban J connectivity index is 1.66. The van der Waals surface area contributed by atoms with Crippen molar-refractivity contribution in [2.75, 3.05) is 18.5 Å². The van der Waals surface area contributed by atoms with E-state index in [2.05, 4.69) is 5.32 Å². The Morgan fingerprint density at radius 2 is 1.93 bits per heavy atom.